The van der Waals surface area contributed by atoms with Crippen LogP contribution in [0.5, 0.6) is 0 Å². The Morgan fingerprint density at radius 3 is 2.70 bits per heavy atom. The summed E-state index contributed by atoms with van der Waals surface area (Å²) < 4.78 is 5.26. The van der Waals surface area contributed by atoms with Gasteiger partial charge in [-0.3, -0.25) is 14.5 Å². The lowest BCUT2D eigenvalue weighted by Gasteiger charge is -2.24. The summed E-state index contributed by atoms with van der Waals surface area (Å²) in [4.78, 5) is 36.8. The Hall–Kier alpha value is -2.57. The zero-order chi connectivity index (χ0) is 16.8. The Kier molecular flexibility index (Phi) is 5.56. The molecular weight excluding hydrogens is 298 g/mol. The summed E-state index contributed by atoms with van der Waals surface area (Å²) in [7, 11) is 0. The number of hydrogen-bond donors (Lipinski definition) is 2. The number of amides is 3. The quantitative estimate of drug-likeness (QED) is 0.837. The van der Waals surface area contributed by atoms with Gasteiger partial charge in [0.25, 0.3) is 0 Å². The Labute approximate surface area is 134 Å². The smallest absolute Gasteiger partial charge is 0.410 e. The number of ether oxygens (including phenoxy) is 1. The van der Waals surface area contributed by atoms with E-state index in [2.05, 4.69) is 5.32 Å². The molecule has 1 fully saturated rings. The van der Waals surface area contributed by atoms with Crippen molar-refractivity contribution in [2.75, 3.05) is 6.54 Å². The van der Waals surface area contributed by atoms with E-state index in [0.717, 1.165) is 5.56 Å². The van der Waals surface area contributed by atoms with Crippen LogP contribution in [-0.4, -0.2) is 41.4 Å². The molecule has 2 rings (SSSR count). The number of nitrogens with zero attached hydrogens (tertiary/aromatic N) is 1. The highest BCUT2D eigenvalue weighted by Crippen LogP contribution is 2.19. The Bertz CT molecular complexity index is 576. The Morgan fingerprint density at radius 2 is 2.04 bits per heavy atom. The molecule has 0 spiro atoms. The van der Waals surface area contributed by atoms with Gasteiger partial charge in [0.05, 0.1) is 0 Å². The maximum atomic E-state index is 12.2. The number of hydrogen-bond acceptors (Lipinski definition) is 4. The van der Waals surface area contributed by atoms with Crippen molar-refractivity contribution in [2.45, 2.75) is 38.5 Å². The molecule has 0 unspecified atom stereocenters. The molecule has 0 radical (unpaired) electrons. The molecule has 1 aromatic carbocycles. The van der Waals surface area contributed by atoms with Crippen LogP contribution in [0.1, 0.15) is 25.3 Å². The summed E-state index contributed by atoms with van der Waals surface area (Å²) >= 11 is 0. The van der Waals surface area contributed by atoms with E-state index in [4.69, 9.17) is 10.5 Å². The highest BCUT2D eigenvalue weighted by Gasteiger charge is 2.35. The Balaban J connectivity index is 1.91. The second-order valence-electron chi connectivity index (χ2n) is 5.52. The number of nitrogens with one attached hydrogen (secondary N) is 1. The predicted octanol–water partition coefficient (Wildman–Crippen LogP) is 0.778. The summed E-state index contributed by atoms with van der Waals surface area (Å²) in [5.74, 6) is -1.000. The molecule has 124 valence electrons. The van der Waals surface area contributed by atoms with Gasteiger partial charge in [0, 0.05) is 6.54 Å². The molecule has 1 aliphatic heterocycles. The molecule has 1 saturated heterocycles. The molecule has 1 aromatic rings. The van der Waals surface area contributed by atoms with E-state index in [0.29, 0.717) is 19.4 Å². The fraction of sp³-hybridized carbons (Fsp3) is 0.438. The van der Waals surface area contributed by atoms with Crippen LogP contribution in [0.25, 0.3) is 0 Å². The first kappa shape index (κ1) is 16.8. The van der Waals surface area contributed by atoms with Gasteiger partial charge in [0.1, 0.15) is 18.7 Å². The van der Waals surface area contributed by atoms with Crippen LogP contribution in [0.15, 0.2) is 30.3 Å². The summed E-state index contributed by atoms with van der Waals surface area (Å²) in [6, 6.07) is 7.92. The molecule has 0 saturated carbocycles. The van der Waals surface area contributed by atoms with Gasteiger partial charge in [0.15, 0.2) is 0 Å². The van der Waals surface area contributed by atoms with Gasteiger partial charge in [-0.1, -0.05) is 30.3 Å². The highest BCUT2D eigenvalue weighted by atomic mass is 16.6. The van der Waals surface area contributed by atoms with Gasteiger partial charge in [-0.25, -0.2) is 4.79 Å². The van der Waals surface area contributed by atoms with Crippen LogP contribution in [0.2, 0.25) is 0 Å². The van der Waals surface area contributed by atoms with Gasteiger partial charge in [-0.05, 0) is 25.3 Å². The molecule has 3 N–H and O–H groups in total. The fourth-order valence-corrected chi connectivity index (χ4v) is 2.44. The molecule has 0 aromatic heterocycles. The van der Waals surface area contributed by atoms with E-state index in [-0.39, 0.29) is 12.5 Å². The number of nitrogens with two attached hydrogens (primary N) is 1. The van der Waals surface area contributed by atoms with Gasteiger partial charge < -0.3 is 15.8 Å². The van der Waals surface area contributed by atoms with E-state index in [9.17, 15) is 14.4 Å². The SMILES string of the molecule is C[C@H](NC(=O)[C@H]1CCCN1C(=O)OCc1ccccc1)C(N)=O. The lowest BCUT2D eigenvalue weighted by Crippen LogP contribution is -2.51. The topological polar surface area (TPSA) is 102 Å². The van der Waals surface area contributed by atoms with E-state index in [1.807, 2.05) is 30.3 Å². The van der Waals surface area contributed by atoms with Crippen molar-refractivity contribution >= 4 is 17.9 Å². The van der Waals surface area contributed by atoms with Gasteiger partial charge in [-0.2, -0.15) is 0 Å². The van der Waals surface area contributed by atoms with Crippen LogP contribution in [0.3, 0.4) is 0 Å². The van der Waals surface area contributed by atoms with E-state index in [1.165, 1.54) is 11.8 Å². The third kappa shape index (κ3) is 4.45. The minimum Gasteiger partial charge on any atom is -0.445 e. The molecule has 0 aliphatic carbocycles. The van der Waals surface area contributed by atoms with E-state index < -0.39 is 24.1 Å². The third-order valence-corrected chi connectivity index (χ3v) is 3.78. The number of benzene rings is 1. The predicted molar refractivity (Wildman–Crippen MR) is 83.2 cm³/mol. The highest BCUT2D eigenvalue weighted by molar-refractivity contribution is 5.90. The van der Waals surface area contributed by atoms with Crippen LogP contribution in [0, 0.1) is 0 Å². The Morgan fingerprint density at radius 1 is 1.35 bits per heavy atom. The van der Waals surface area contributed by atoms with Crippen molar-refractivity contribution in [3.05, 3.63) is 35.9 Å². The second kappa shape index (κ2) is 7.62. The maximum Gasteiger partial charge on any atom is 0.410 e. The lowest BCUT2D eigenvalue weighted by molar-refractivity contribution is -0.129. The summed E-state index contributed by atoms with van der Waals surface area (Å²) in [5.41, 5.74) is 6.01. The molecule has 7 nitrogen and oxygen atoms in total. The average Bonchev–Trinajstić information content (AvgIpc) is 3.03. The van der Waals surface area contributed by atoms with Crippen molar-refractivity contribution < 1.29 is 19.1 Å². The van der Waals surface area contributed by atoms with Crippen molar-refractivity contribution in [1.29, 1.82) is 0 Å². The normalized spacial score (nSPS) is 18.3. The average molecular weight is 319 g/mol. The zero-order valence-corrected chi connectivity index (χ0v) is 13.0. The fourth-order valence-electron chi connectivity index (χ4n) is 2.44. The minimum absolute atomic E-state index is 0.155. The number of carbonyl (C=O) groups is 3. The number of rotatable bonds is 5. The number of likely N-dealkylation sites (tertiary alicyclic amines) is 1. The van der Waals surface area contributed by atoms with Crippen molar-refractivity contribution in [1.82, 2.24) is 10.2 Å². The van der Waals surface area contributed by atoms with Gasteiger partial charge in [0.2, 0.25) is 11.8 Å². The maximum absolute atomic E-state index is 12.2. The summed E-state index contributed by atoms with van der Waals surface area (Å²) in [6.45, 7) is 2.12. The largest absolute Gasteiger partial charge is 0.445 e. The molecule has 2 atom stereocenters. The van der Waals surface area contributed by atoms with Gasteiger partial charge >= 0.3 is 6.09 Å². The molecule has 1 aliphatic rings. The summed E-state index contributed by atoms with van der Waals surface area (Å²) in [6.07, 6.45) is 0.722. The number of carbonyl (C=O) groups excluding carboxylic acids is 3. The monoisotopic (exact) mass is 319 g/mol. The second-order valence-corrected chi connectivity index (χ2v) is 5.52. The first-order chi connectivity index (χ1) is 11.0. The zero-order valence-electron chi connectivity index (χ0n) is 13.0. The van der Waals surface area contributed by atoms with E-state index >= 15 is 0 Å². The van der Waals surface area contributed by atoms with Crippen molar-refractivity contribution in [3.8, 4) is 0 Å². The molecular formula is C16H21N3O4. The summed E-state index contributed by atoms with van der Waals surface area (Å²) in [5, 5.41) is 2.52. The van der Waals surface area contributed by atoms with E-state index in [1.54, 1.807) is 0 Å². The minimum atomic E-state index is -0.773. The molecule has 0 bridgehead atoms. The van der Waals surface area contributed by atoms with Crippen LogP contribution in [-0.2, 0) is 20.9 Å². The van der Waals surface area contributed by atoms with Crippen LogP contribution >= 0.6 is 0 Å². The molecule has 3 amide bonds. The standard InChI is InChI=1S/C16H21N3O4/c1-11(14(17)20)18-15(21)13-8-5-9-19(13)16(22)23-10-12-6-3-2-4-7-12/h2-4,6-7,11,13H,5,8-10H2,1H3,(H2,17,20)(H,18,21)/t11-,13+/m0/s1. The third-order valence-electron chi connectivity index (χ3n) is 3.78. The van der Waals surface area contributed by atoms with Gasteiger partial charge in [-0.15, -0.1) is 0 Å². The number of primary amides is 1. The first-order valence-electron chi connectivity index (χ1n) is 7.56. The molecule has 23 heavy (non-hydrogen) atoms. The van der Waals surface area contributed by atoms with Crippen LogP contribution in [0.4, 0.5) is 4.79 Å². The molecule has 1 heterocycles. The van der Waals surface area contributed by atoms with Crippen molar-refractivity contribution in [3.63, 3.8) is 0 Å². The molecule has 7 heteroatoms. The van der Waals surface area contributed by atoms with Crippen LogP contribution < -0.4 is 11.1 Å². The van der Waals surface area contributed by atoms with Crippen molar-refractivity contribution in [2.24, 2.45) is 5.73 Å². The first-order valence-corrected chi connectivity index (χ1v) is 7.56. The lowest BCUT2D eigenvalue weighted by atomic mass is 10.2.